The van der Waals surface area contributed by atoms with E-state index in [-0.39, 0.29) is 0 Å². The van der Waals surface area contributed by atoms with Gasteiger partial charge in [-0.15, -0.1) is 0 Å². The van der Waals surface area contributed by atoms with Crippen LogP contribution in [0, 0.1) is 0 Å². The van der Waals surface area contributed by atoms with Crippen molar-refractivity contribution in [2.45, 2.75) is 6.92 Å². The first-order valence-electron chi connectivity index (χ1n) is 7.79. The first-order chi connectivity index (χ1) is 10.2. The third-order valence-corrected chi connectivity index (χ3v) is 6.53. The average molecular weight is 304 g/mol. The highest BCUT2D eigenvalue weighted by Crippen LogP contribution is 2.04. The van der Waals surface area contributed by atoms with Crippen molar-refractivity contribution in [3.8, 4) is 0 Å². The lowest BCUT2D eigenvalue weighted by molar-refractivity contribution is 0.164. The van der Waals surface area contributed by atoms with Crippen LogP contribution >= 0.6 is 0 Å². The van der Waals surface area contributed by atoms with E-state index in [1.54, 1.807) is 0 Å². The highest BCUT2D eigenvalue weighted by atomic mass is 28.3. The van der Waals surface area contributed by atoms with Gasteiger partial charge in [-0.3, -0.25) is 0 Å². The van der Waals surface area contributed by atoms with Crippen LogP contribution < -0.4 is 5.19 Å². The molecule has 1 heterocycles. The minimum atomic E-state index is -0.696. The molecule has 0 saturated carbocycles. The van der Waals surface area contributed by atoms with E-state index in [1.165, 1.54) is 43.1 Å². The van der Waals surface area contributed by atoms with E-state index in [2.05, 4.69) is 54.6 Å². The molecule has 1 aliphatic rings. The minimum Gasteiger partial charge on any atom is -0.385 e. The molecule has 1 fully saturated rings. The number of benzene rings is 1. The molecule has 0 N–H and O–H groups in total. The Morgan fingerprint density at radius 2 is 2.05 bits per heavy atom. The van der Waals surface area contributed by atoms with Crippen molar-refractivity contribution in [1.29, 1.82) is 0 Å². The Balaban J connectivity index is 2.04. The summed E-state index contributed by atoms with van der Waals surface area (Å²) in [5, 5.41) is 1.46. The molecule has 1 radical (unpaired) electrons. The summed E-state index contributed by atoms with van der Waals surface area (Å²) in [7, 11) is 1.51. The van der Waals surface area contributed by atoms with Crippen LogP contribution in [0.3, 0.4) is 0 Å². The Kier molecular flexibility index (Phi) is 6.64. The second-order valence-corrected chi connectivity index (χ2v) is 8.04. The number of likely N-dealkylation sites (N-methyl/N-ethyl adjacent to an activating group) is 1. The Morgan fingerprint density at radius 1 is 1.29 bits per heavy atom. The molecule has 3 nitrogen and oxygen atoms in total. The smallest absolute Gasteiger partial charge is 0.132 e. The summed E-state index contributed by atoms with van der Waals surface area (Å²) in [4.78, 5) is 5.01. The molecule has 0 unspecified atom stereocenters. The van der Waals surface area contributed by atoms with Crippen LogP contribution in [0.1, 0.15) is 12.5 Å². The molecule has 2 rings (SSSR count). The van der Waals surface area contributed by atoms with Gasteiger partial charge in [-0.1, -0.05) is 42.1 Å². The molecular formula is C17H27N2OSi. The maximum absolute atomic E-state index is 5.77. The summed E-state index contributed by atoms with van der Waals surface area (Å²) in [5.74, 6) is 0. The molecule has 0 aliphatic carbocycles. The van der Waals surface area contributed by atoms with Crippen molar-refractivity contribution >= 4 is 20.1 Å². The van der Waals surface area contributed by atoms with E-state index < -0.39 is 8.80 Å². The summed E-state index contributed by atoms with van der Waals surface area (Å²) in [6, 6.07) is 8.81. The lowest BCUT2D eigenvalue weighted by Crippen LogP contribution is -2.52. The van der Waals surface area contributed by atoms with Crippen LogP contribution in [-0.2, 0) is 4.74 Å². The zero-order valence-corrected chi connectivity index (χ0v) is 14.3. The van der Waals surface area contributed by atoms with Crippen LogP contribution in [0.4, 0.5) is 0 Å². The standard InChI is InChI=1S/C17H27N2OSi/c1-4-16-7-6-8-17(13-16)21(15-20-5-2)14-19-11-9-18(3)10-12-19/h4,6-8,13H,1,5,9-12,14-15H2,2-3H3. The lowest BCUT2D eigenvalue weighted by atomic mass is 10.2. The quantitative estimate of drug-likeness (QED) is 0.708. The van der Waals surface area contributed by atoms with Gasteiger partial charge in [0, 0.05) is 39.0 Å². The van der Waals surface area contributed by atoms with E-state index in [0.717, 1.165) is 12.8 Å². The first-order valence-corrected chi connectivity index (χ1v) is 9.70. The minimum absolute atomic E-state index is 0.696. The van der Waals surface area contributed by atoms with Crippen molar-refractivity contribution in [2.24, 2.45) is 0 Å². The molecule has 1 aromatic carbocycles. The third-order valence-electron chi connectivity index (χ3n) is 4.02. The van der Waals surface area contributed by atoms with E-state index in [1.807, 2.05) is 6.08 Å². The zero-order valence-electron chi connectivity index (χ0n) is 13.3. The van der Waals surface area contributed by atoms with Gasteiger partial charge in [0.1, 0.15) is 8.80 Å². The number of nitrogens with zero attached hydrogens (tertiary/aromatic N) is 2. The Morgan fingerprint density at radius 3 is 2.71 bits per heavy atom. The number of ether oxygens (including phenoxy) is 1. The van der Waals surface area contributed by atoms with Gasteiger partial charge in [-0.25, -0.2) is 0 Å². The predicted molar refractivity (Wildman–Crippen MR) is 92.4 cm³/mol. The Hall–Kier alpha value is -0.943. The lowest BCUT2D eigenvalue weighted by Gasteiger charge is -2.34. The zero-order chi connectivity index (χ0) is 15.1. The van der Waals surface area contributed by atoms with Gasteiger partial charge in [0.15, 0.2) is 0 Å². The molecule has 0 bridgehead atoms. The number of hydrogen-bond donors (Lipinski definition) is 0. The van der Waals surface area contributed by atoms with Crippen molar-refractivity contribution < 1.29 is 4.74 Å². The largest absolute Gasteiger partial charge is 0.385 e. The molecule has 0 amide bonds. The van der Waals surface area contributed by atoms with Gasteiger partial charge in [0.05, 0.1) is 0 Å². The monoisotopic (exact) mass is 303 g/mol. The topological polar surface area (TPSA) is 15.7 Å². The summed E-state index contributed by atoms with van der Waals surface area (Å²) >= 11 is 0. The third kappa shape index (κ3) is 5.07. The van der Waals surface area contributed by atoms with Crippen LogP contribution in [0.15, 0.2) is 30.8 Å². The summed E-state index contributed by atoms with van der Waals surface area (Å²) in [6.45, 7) is 11.5. The van der Waals surface area contributed by atoms with Crippen LogP contribution in [-0.4, -0.2) is 70.8 Å². The van der Waals surface area contributed by atoms with Gasteiger partial charge in [-0.05, 0) is 25.7 Å². The second kappa shape index (κ2) is 8.49. The molecule has 0 aromatic heterocycles. The van der Waals surface area contributed by atoms with Crippen molar-refractivity contribution in [1.82, 2.24) is 9.80 Å². The van der Waals surface area contributed by atoms with Crippen molar-refractivity contribution in [2.75, 3.05) is 52.2 Å². The van der Waals surface area contributed by atoms with E-state index in [9.17, 15) is 0 Å². The fourth-order valence-corrected chi connectivity index (χ4v) is 5.06. The van der Waals surface area contributed by atoms with E-state index in [0.29, 0.717) is 0 Å². The molecule has 21 heavy (non-hydrogen) atoms. The summed E-state index contributed by atoms with van der Waals surface area (Å²) < 4.78 is 5.77. The molecule has 0 atom stereocenters. The maximum atomic E-state index is 5.77. The van der Waals surface area contributed by atoms with E-state index in [4.69, 9.17) is 4.74 Å². The number of hydrogen-bond acceptors (Lipinski definition) is 3. The fraction of sp³-hybridized carbons (Fsp3) is 0.529. The van der Waals surface area contributed by atoms with Gasteiger partial charge in [0.2, 0.25) is 0 Å². The Bertz CT molecular complexity index is 444. The Labute approximate surface area is 130 Å². The fourth-order valence-electron chi connectivity index (χ4n) is 2.61. The normalized spacial score (nSPS) is 17.3. The SMILES string of the molecule is C=Cc1cccc([Si](COCC)CN2CCN(C)CC2)c1. The van der Waals surface area contributed by atoms with Crippen LogP contribution in [0.5, 0.6) is 0 Å². The van der Waals surface area contributed by atoms with Gasteiger partial charge in [-0.2, -0.15) is 0 Å². The molecule has 1 saturated heterocycles. The van der Waals surface area contributed by atoms with Crippen molar-refractivity contribution in [3.05, 3.63) is 36.4 Å². The predicted octanol–water partition coefficient (Wildman–Crippen LogP) is 1.39. The van der Waals surface area contributed by atoms with Gasteiger partial charge < -0.3 is 14.5 Å². The van der Waals surface area contributed by atoms with Crippen molar-refractivity contribution in [3.63, 3.8) is 0 Å². The van der Waals surface area contributed by atoms with Crippen LogP contribution in [0.2, 0.25) is 0 Å². The molecule has 1 aromatic rings. The first kappa shape index (κ1) is 16.4. The van der Waals surface area contributed by atoms with Gasteiger partial charge in [0.25, 0.3) is 0 Å². The van der Waals surface area contributed by atoms with E-state index >= 15 is 0 Å². The molecule has 1 aliphatic heterocycles. The van der Waals surface area contributed by atoms with Crippen LogP contribution in [0.25, 0.3) is 6.08 Å². The molecule has 0 spiro atoms. The highest BCUT2D eigenvalue weighted by molar-refractivity contribution is 6.73. The highest BCUT2D eigenvalue weighted by Gasteiger charge is 2.21. The molecular weight excluding hydrogens is 276 g/mol. The molecule has 4 heteroatoms. The second-order valence-electron chi connectivity index (χ2n) is 5.65. The number of piperazine rings is 1. The summed E-state index contributed by atoms with van der Waals surface area (Å²) in [6.07, 6.45) is 4.01. The molecule has 115 valence electrons. The number of rotatable bonds is 7. The van der Waals surface area contributed by atoms with Gasteiger partial charge >= 0.3 is 0 Å². The summed E-state index contributed by atoms with van der Waals surface area (Å²) in [5.41, 5.74) is 1.21. The maximum Gasteiger partial charge on any atom is 0.132 e. The average Bonchev–Trinajstić information content (AvgIpc) is 2.53.